The van der Waals surface area contributed by atoms with Crippen LogP contribution in [0.15, 0.2) is 30.4 Å². The van der Waals surface area contributed by atoms with Gasteiger partial charge in [-0.25, -0.2) is 4.79 Å². The first-order valence-corrected chi connectivity index (χ1v) is 8.61. The number of aliphatic hydroxyl groups is 2. The molecule has 27 heavy (non-hydrogen) atoms. The summed E-state index contributed by atoms with van der Waals surface area (Å²) in [7, 11) is 1.42. The molecule has 3 N–H and O–H groups in total. The van der Waals surface area contributed by atoms with Gasteiger partial charge in [0.2, 0.25) is 0 Å². The number of aliphatic hydroxyl groups excluding tert-OH is 2. The summed E-state index contributed by atoms with van der Waals surface area (Å²) in [6, 6.07) is 2.85. The Labute approximate surface area is 157 Å². The Morgan fingerprint density at radius 2 is 1.85 bits per heavy atom. The van der Waals surface area contributed by atoms with Crippen LogP contribution >= 0.6 is 0 Å². The summed E-state index contributed by atoms with van der Waals surface area (Å²) >= 11 is 0. The van der Waals surface area contributed by atoms with Gasteiger partial charge in [-0.05, 0) is 31.1 Å². The van der Waals surface area contributed by atoms with Crippen LogP contribution in [0.1, 0.15) is 36.2 Å². The molecular formula is C20H24O7. The average Bonchev–Trinajstić information content (AvgIpc) is 2.63. The standard InChI is InChI=1S/C20H24O7/c1-11-7-8-16(22)19(24)15(21)6-4-5-13-9-14(26-3)10-17(23)18(13)20(25)27-12(11)2/h4-5,7-12,15,19,21,23-24H,6H2,1-3H3/b5-4+,8-7-/t11?,12-,15-,19-/m0/s1. The lowest BCUT2D eigenvalue weighted by atomic mass is 9.99. The second-order valence-corrected chi connectivity index (χ2v) is 6.49. The predicted octanol–water partition coefficient (Wildman–Crippen LogP) is 1.85. The first-order chi connectivity index (χ1) is 12.7. The second-order valence-electron chi connectivity index (χ2n) is 6.49. The average molecular weight is 376 g/mol. The van der Waals surface area contributed by atoms with E-state index >= 15 is 0 Å². The summed E-state index contributed by atoms with van der Waals surface area (Å²) < 4.78 is 10.5. The van der Waals surface area contributed by atoms with E-state index in [2.05, 4.69) is 0 Å². The van der Waals surface area contributed by atoms with Crippen molar-refractivity contribution in [2.45, 2.75) is 38.6 Å². The highest BCUT2D eigenvalue weighted by molar-refractivity contribution is 5.97. The Hall–Kier alpha value is -2.64. The zero-order valence-electron chi connectivity index (χ0n) is 15.5. The largest absolute Gasteiger partial charge is 0.507 e. The highest BCUT2D eigenvalue weighted by atomic mass is 16.5. The first kappa shape index (κ1) is 20.7. The third-order valence-corrected chi connectivity index (χ3v) is 4.49. The van der Waals surface area contributed by atoms with Crippen molar-refractivity contribution in [1.82, 2.24) is 0 Å². The van der Waals surface area contributed by atoms with Crippen LogP contribution in [0.3, 0.4) is 0 Å². The molecule has 7 heteroatoms. The number of hydrogen-bond donors (Lipinski definition) is 3. The van der Waals surface area contributed by atoms with E-state index < -0.39 is 30.1 Å². The smallest absolute Gasteiger partial charge is 0.342 e. The van der Waals surface area contributed by atoms with Gasteiger partial charge in [-0.15, -0.1) is 0 Å². The number of esters is 1. The van der Waals surface area contributed by atoms with Crippen LogP contribution in [-0.2, 0) is 9.53 Å². The Kier molecular flexibility index (Phi) is 6.76. The van der Waals surface area contributed by atoms with Gasteiger partial charge in [0.05, 0.1) is 13.2 Å². The van der Waals surface area contributed by atoms with Crippen LogP contribution < -0.4 is 4.74 Å². The summed E-state index contributed by atoms with van der Waals surface area (Å²) in [6.07, 6.45) is 2.19. The van der Waals surface area contributed by atoms with E-state index in [0.717, 1.165) is 0 Å². The molecule has 146 valence electrons. The SMILES string of the molecule is COc1cc(O)c2c(c1)/C=C/C[C@H](O)[C@H](O)C(=O)/C=C\C(C)[C@H](C)OC2=O. The quantitative estimate of drug-likeness (QED) is 0.641. The number of phenolic OH excluding ortho intramolecular Hbond substituents is 1. The second kappa shape index (κ2) is 8.83. The van der Waals surface area contributed by atoms with Gasteiger partial charge in [-0.1, -0.05) is 25.2 Å². The number of rotatable bonds is 1. The van der Waals surface area contributed by atoms with Crippen LogP contribution in [0.4, 0.5) is 0 Å². The molecule has 0 fully saturated rings. The van der Waals surface area contributed by atoms with Crippen molar-refractivity contribution in [3.05, 3.63) is 41.5 Å². The maximum Gasteiger partial charge on any atom is 0.342 e. The van der Waals surface area contributed by atoms with Crippen LogP contribution in [0, 0.1) is 5.92 Å². The van der Waals surface area contributed by atoms with Gasteiger partial charge in [0.1, 0.15) is 29.3 Å². The van der Waals surface area contributed by atoms with E-state index in [-0.39, 0.29) is 23.7 Å². The fraction of sp³-hybridized carbons (Fsp3) is 0.400. The number of ketones is 1. The van der Waals surface area contributed by atoms with Crippen molar-refractivity contribution >= 4 is 17.8 Å². The number of cyclic esters (lactones) is 1. The van der Waals surface area contributed by atoms with Gasteiger partial charge in [0.25, 0.3) is 0 Å². The number of phenols is 1. The fourth-order valence-electron chi connectivity index (χ4n) is 2.58. The van der Waals surface area contributed by atoms with Crippen molar-refractivity contribution in [3.8, 4) is 11.5 Å². The van der Waals surface area contributed by atoms with Gasteiger partial charge in [0.15, 0.2) is 5.78 Å². The van der Waals surface area contributed by atoms with E-state index in [0.29, 0.717) is 11.3 Å². The topological polar surface area (TPSA) is 113 Å². The van der Waals surface area contributed by atoms with Crippen LogP contribution in [-0.4, -0.2) is 52.5 Å². The Morgan fingerprint density at radius 1 is 1.15 bits per heavy atom. The number of hydrogen-bond acceptors (Lipinski definition) is 7. The number of methoxy groups -OCH3 is 1. The molecule has 7 nitrogen and oxygen atoms in total. The molecule has 0 spiro atoms. The number of ether oxygens (including phenoxy) is 2. The molecule has 1 unspecified atom stereocenters. The fourth-order valence-corrected chi connectivity index (χ4v) is 2.58. The van der Waals surface area contributed by atoms with Gasteiger partial charge in [0, 0.05) is 12.0 Å². The van der Waals surface area contributed by atoms with Crippen molar-refractivity contribution in [2.24, 2.45) is 5.92 Å². The number of carbonyl (C=O) groups excluding carboxylic acids is 2. The molecule has 1 aliphatic heterocycles. The first-order valence-electron chi connectivity index (χ1n) is 8.61. The molecule has 1 heterocycles. The minimum Gasteiger partial charge on any atom is -0.507 e. The summed E-state index contributed by atoms with van der Waals surface area (Å²) in [4.78, 5) is 24.6. The summed E-state index contributed by atoms with van der Waals surface area (Å²) in [6.45, 7) is 3.40. The minimum absolute atomic E-state index is 0.0286. The molecule has 2 rings (SSSR count). The number of aromatic hydroxyl groups is 1. The van der Waals surface area contributed by atoms with Gasteiger partial charge >= 0.3 is 5.97 Å². The monoisotopic (exact) mass is 376 g/mol. The number of benzene rings is 1. The third-order valence-electron chi connectivity index (χ3n) is 4.49. The summed E-state index contributed by atoms with van der Waals surface area (Å²) in [5, 5.41) is 30.2. The molecule has 0 saturated carbocycles. The van der Waals surface area contributed by atoms with Crippen LogP contribution in [0.2, 0.25) is 0 Å². The van der Waals surface area contributed by atoms with E-state index in [1.54, 1.807) is 19.9 Å². The molecule has 1 aromatic carbocycles. The summed E-state index contributed by atoms with van der Waals surface area (Å²) in [5.41, 5.74) is 0.301. The van der Waals surface area contributed by atoms with E-state index in [9.17, 15) is 24.9 Å². The highest BCUT2D eigenvalue weighted by Gasteiger charge is 2.25. The third kappa shape index (κ3) is 4.96. The van der Waals surface area contributed by atoms with E-state index in [1.165, 1.54) is 37.5 Å². The van der Waals surface area contributed by atoms with Crippen LogP contribution in [0.25, 0.3) is 6.08 Å². The minimum atomic E-state index is -1.56. The highest BCUT2D eigenvalue weighted by Crippen LogP contribution is 2.30. The molecule has 1 aromatic rings. The normalized spacial score (nSPS) is 29.2. The lowest BCUT2D eigenvalue weighted by molar-refractivity contribution is -0.127. The van der Waals surface area contributed by atoms with Gasteiger partial charge in [-0.2, -0.15) is 0 Å². The molecular weight excluding hydrogens is 352 g/mol. The summed E-state index contributed by atoms with van der Waals surface area (Å²) in [5.74, 6) is -1.63. The molecule has 0 saturated heterocycles. The molecule has 0 amide bonds. The molecule has 1 aliphatic rings. The number of fused-ring (bicyclic) bond motifs is 1. The zero-order valence-corrected chi connectivity index (χ0v) is 15.5. The van der Waals surface area contributed by atoms with Crippen LogP contribution in [0.5, 0.6) is 11.5 Å². The van der Waals surface area contributed by atoms with Crippen molar-refractivity contribution in [3.63, 3.8) is 0 Å². The Balaban J connectivity index is 2.50. The van der Waals surface area contributed by atoms with E-state index in [4.69, 9.17) is 9.47 Å². The van der Waals surface area contributed by atoms with Crippen molar-refractivity contribution < 1.29 is 34.4 Å². The molecule has 0 aliphatic carbocycles. The van der Waals surface area contributed by atoms with Gasteiger partial charge in [-0.3, -0.25) is 4.79 Å². The lowest BCUT2D eigenvalue weighted by Crippen LogP contribution is -2.32. The van der Waals surface area contributed by atoms with Crippen molar-refractivity contribution in [2.75, 3.05) is 7.11 Å². The Morgan fingerprint density at radius 3 is 2.52 bits per heavy atom. The predicted molar refractivity (Wildman–Crippen MR) is 98.5 cm³/mol. The Bertz CT molecular complexity index is 766. The maximum absolute atomic E-state index is 12.6. The maximum atomic E-state index is 12.6. The molecule has 4 atom stereocenters. The van der Waals surface area contributed by atoms with E-state index in [1.807, 2.05) is 0 Å². The lowest BCUT2D eigenvalue weighted by Gasteiger charge is -2.20. The van der Waals surface area contributed by atoms with Crippen molar-refractivity contribution in [1.29, 1.82) is 0 Å². The molecule has 0 bridgehead atoms. The van der Waals surface area contributed by atoms with Gasteiger partial charge < -0.3 is 24.8 Å². The molecule has 0 radical (unpaired) electrons. The number of carbonyl (C=O) groups is 2. The zero-order chi connectivity index (χ0) is 20.1. The molecule has 0 aromatic heterocycles.